The fourth-order valence-corrected chi connectivity index (χ4v) is 4.06. The number of methoxy groups -OCH3 is 1. The molecule has 25 heavy (non-hydrogen) atoms. The van der Waals surface area contributed by atoms with Crippen molar-refractivity contribution in [2.45, 2.75) is 58.9 Å². The van der Waals surface area contributed by atoms with Crippen LogP contribution in [0.5, 0.6) is 5.75 Å². The van der Waals surface area contributed by atoms with Crippen LogP contribution in [0.1, 0.15) is 50.8 Å². The largest absolute Gasteiger partial charge is 0.497 e. The molecule has 0 radical (unpaired) electrons. The molecule has 0 atom stereocenters. The van der Waals surface area contributed by atoms with E-state index in [1.807, 2.05) is 11.0 Å². The summed E-state index contributed by atoms with van der Waals surface area (Å²) in [4.78, 5) is 15.0. The average molecular weight is 342 g/mol. The molecule has 0 unspecified atom stereocenters. The molecule has 4 nitrogen and oxygen atoms in total. The van der Waals surface area contributed by atoms with E-state index in [1.54, 1.807) is 7.11 Å². The van der Waals surface area contributed by atoms with E-state index in [4.69, 9.17) is 4.74 Å². The third kappa shape index (κ3) is 3.53. The quantitative estimate of drug-likeness (QED) is 0.756. The third-order valence-corrected chi connectivity index (χ3v) is 5.22. The van der Waals surface area contributed by atoms with Gasteiger partial charge in [-0.25, -0.2) is 0 Å². The van der Waals surface area contributed by atoms with Crippen LogP contribution in [0, 0.1) is 0 Å². The van der Waals surface area contributed by atoms with E-state index in [-0.39, 0.29) is 5.91 Å². The lowest BCUT2D eigenvalue weighted by atomic mass is 9.95. The monoisotopic (exact) mass is 342 g/mol. The zero-order valence-corrected chi connectivity index (χ0v) is 15.8. The Hall–Kier alpha value is -1.97. The lowest BCUT2D eigenvalue weighted by molar-refractivity contribution is -0.131. The summed E-state index contributed by atoms with van der Waals surface area (Å²) in [7, 11) is 1.70. The smallest absolute Gasteiger partial charge is 0.242 e. The van der Waals surface area contributed by atoms with Gasteiger partial charge in [-0.05, 0) is 56.2 Å². The maximum atomic E-state index is 12.9. The van der Waals surface area contributed by atoms with Gasteiger partial charge in [0.25, 0.3) is 0 Å². The molecular formula is C21H30N2O2. The summed E-state index contributed by atoms with van der Waals surface area (Å²) < 4.78 is 7.69. The number of aryl methyl sites for hydroxylation is 1. The zero-order valence-electron chi connectivity index (χ0n) is 15.8. The first-order chi connectivity index (χ1) is 12.2. The normalized spacial score (nSPS) is 13.7. The molecule has 1 amide bonds. The molecule has 0 saturated heterocycles. The average Bonchev–Trinajstić information content (AvgIpc) is 2.95. The van der Waals surface area contributed by atoms with Gasteiger partial charge in [0.1, 0.15) is 12.3 Å². The molecule has 1 heterocycles. The molecule has 0 N–H and O–H groups in total. The van der Waals surface area contributed by atoms with E-state index < -0.39 is 0 Å². The minimum absolute atomic E-state index is 0.233. The SMILES string of the molecule is CCCN(CCC)C(=O)Cn1c2c(c3ccc(OC)cc31)CCCC2. The second-order valence-corrected chi connectivity index (χ2v) is 6.98. The van der Waals surface area contributed by atoms with Gasteiger partial charge in [-0.15, -0.1) is 0 Å². The fourth-order valence-electron chi connectivity index (χ4n) is 4.06. The van der Waals surface area contributed by atoms with Crippen molar-refractivity contribution in [3.05, 3.63) is 29.5 Å². The molecule has 0 saturated carbocycles. The van der Waals surface area contributed by atoms with Crippen molar-refractivity contribution >= 4 is 16.8 Å². The van der Waals surface area contributed by atoms with Crippen LogP contribution in [0.2, 0.25) is 0 Å². The van der Waals surface area contributed by atoms with Gasteiger partial charge in [0.15, 0.2) is 0 Å². The minimum Gasteiger partial charge on any atom is -0.497 e. The molecule has 1 aliphatic carbocycles. The lowest BCUT2D eigenvalue weighted by Gasteiger charge is -2.23. The van der Waals surface area contributed by atoms with Crippen LogP contribution in [-0.2, 0) is 24.2 Å². The van der Waals surface area contributed by atoms with Crippen molar-refractivity contribution in [3.8, 4) is 5.75 Å². The molecule has 1 aromatic carbocycles. The molecular weight excluding hydrogens is 312 g/mol. The number of hydrogen-bond acceptors (Lipinski definition) is 2. The van der Waals surface area contributed by atoms with Gasteiger partial charge in [-0.2, -0.15) is 0 Å². The molecule has 0 bridgehead atoms. The Kier molecular flexibility index (Phi) is 5.67. The summed E-state index contributed by atoms with van der Waals surface area (Å²) in [6.45, 7) is 6.40. The van der Waals surface area contributed by atoms with Gasteiger partial charge < -0.3 is 14.2 Å². The Morgan fingerprint density at radius 3 is 2.56 bits per heavy atom. The van der Waals surface area contributed by atoms with E-state index in [9.17, 15) is 4.79 Å². The molecule has 2 aromatic rings. The number of benzene rings is 1. The van der Waals surface area contributed by atoms with Gasteiger partial charge in [-0.3, -0.25) is 4.79 Å². The first-order valence-corrected chi connectivity index (χ1v) is 9.65. The van der Waals surface area contributed by atoms with Crippen LogP contribution in [0.15, 0.2) is 18.2 Å². The number of hydrogen-bond donors (Lipinski definition) is 0. The highest BCUT2D eigenvalue weighted by atomic mass is 16.5. The molecule has 0 fully saturated rings. The van der Waals surface area contributed by atoms with Gasteiger partial charge in [-0.1, -0.05) is 13.8 Å². The Morgan fingerprint density at radius 1 is 1.16 bits per heavy atom. The number of fused-ring (bicyclic) bond motifs is 3. The van der Waals surface area contributed by atoms with E-state index in [0.717, 1.165) is 50.0 Å². The predicted octanol–water partition coefficient (Wildman–Crippen LogP) is 4.18. The molecule has 1 aromatic heterocycles. The fraction of sp³-hybridized carbons (Fsp3) is 0.571. The van der Waals surface area contributed by atoms with E-state index >= 15 is 0 Å². The Balaban J connectivity index is 2.00. The highest BCUT2D eigenvalue weighted by Gasteiger charge is 2.23. The molecule has 0 spiro atoms. The van der Waals surface area contributed by atoms with E-state index in [1.165, 1.54) is 29.5 Å². The van der Waals surface area contributed by atoms with Crippen molar-refractivity contribution in [1.29, 1.82) is 0 Å². The first kappa shape index (κ1) is 17.8. The highest BCUT2D eigenvalue weighted by molar-refractivity contribution is 5.89. The molecule has 3 rings (SSSR count). The van der Waals surface area contributed by atoms with Gasteiger partial charge >= 0.3 is 0 Å². The molecule has 0 aliphatic heterocycles. The van der Waals surface area contributed by atoms with Crippen LogP contribution < -0.4 is 4.74 Å². The summed E-state index contributed by atoms with van der Waals surface area (Å²) in [6.07, 6.45) is 6.65. The Bertz CT molecular complexity index is 742. The number of ether oxygens (including phenoxy) is 1. The molecule has 4 heteroatoms. The molecule has 136 valence electrons. The van der Waals surface area contributed by atoms with E-state index in [0.29, 0.717) is 6.54 Å². The number of rotatable bonds is 7. The van der Waals surface area contributed by atoms with Crippen molar-refractivity contribution in [3.63, 3.8) is 0 Å². The van der Waals surface area contributed by atoms with Crippen LogP contribution in [-0.4, -0.2) is 35.6 Å². The first-order valence-electron chi connectivity index (χ1n) is 9.65. The van der Waals surface area contributed by atoms with Crippen molar-refractivity contribution in [2.75, 3.05) is 20.2 Å². The van der Waals surface area contributed by atoms with Crippen LogP contribution >= 0.6 is 0 Å². The van der Waals surface area contributed by atoms with Crippen molar-refractivity contribution in [2.24, 2.45) is 0 Å². The third-order valence-electron chi connectivity index (χ3n) is 5.22. The van der Waals surface area contributed by atoms with Gasteiger partial charge in [0.05, 0.1) is 12.6 Å². The summed E-state index contributed by atoms with van der Waals surface area (Å²) in [5.74, 6) is 1.09. The lowest BCUT2D eigenvalue weighted by Crippen LogP contribution is -2.35. The number of nitrogens with zero attached hydrogens (tertiary/aromatic N) is 2. The summed E-state index contributed by atoms with van der Waals surface area (Å²) in [5, 5.41) is 1.29. The number of amides is 1. The maximum absolute atomic E-state index is 12.9. The van der Waals surface area contributed by atoms with Crippen LogP contribution in [0.25, 0.3) is 10.9 Å². The molecule has 1 aliphatic rings. The summed E-state index contributed by atoms with van der Waals surface area (Å²) in [6, 6.07) is 6.28. The summed E-state index contributed by atoms with van der Waals surface area (Å²) in [5.41, 5.74) is 3.94. The number of aromatic nitrogens is 1. The van der Waals surface area contributed by atoms with Gasteiger partial charge in [0.2, 0.25) is 5.91 Å². The maximum Gasteiger partial charge on any atom is 0.242 e. The van der Waals surface area contributed by atoms with Crippen LogP contribution in [0.4, 0.5) is 0 Å². The van der Waals surface area contributed by atoms with Crippen molar-refractivity contribution in [1.82, 2.24) is 9.47 Å². The Morgan fingerprint density at radius 2 is 1.88 bits per heavy atom. The topological polar surface area (TPSA) is 34.5 Å². The highest BCUT2D eigenvalue weighted by Crippen LogP contribution is 2.34. The Labute approximate surface area is 150 Å². The number of carbonyl (C=O) groups excluding carboxylic acids is 1. The zero-order chi connectivity index (χ0) is 17.8. The van der Waals surface area contributed by atoms with Gasteiger partial charge in [0, 0.05) is 30.2 Å². The van der Waals surface area contributed by atoms with Crippen LogP contribution in [0.3, 0.4) is 0 Å². The van der Waals surface area contributed by atoms with Crippen molar-refractivity contribution < 1.29 is 9.53 Å². The number of carbonyl (C=O) groups is 1. The van der Waals surface area contributed by atoms with E-state index in [2.05, 4.69) is 30.5 Å². The summed E-state index contributed by atoms with van der Waals surface area (Å²) >= 11 is 0. The second kappa shape index (κ2) is 7.94. The standard InChI is InChI=1S/C21H30N2O2/c1-4-12-22(13-5-2)21(24)15-23-19-9-7-6-8-17(19)18-11-10-16(25-3)14-20(18)23/h10-11,14H,4-9,12-13,15H2,1-3H3. The predicted molar refractivity (Wildman–Crippen MR) is 102 cm³/mol. The second-order valence-electron chi connectivity index (χ2n) is 6.98. The minimum atomic E-state index is 0.233.